The summed E-state index contributed by atoms with van der Waals surface area (Å²) in [5.74, 6) is 0.590. The molecule has 0 saturated carbocycles. The molecule has 1 aromatic carbocycles. The molecule has 3 rings (SSSR count). The van der Waals surface area contributed by atoms with Crippen molar-refractivity contribution in [3.05, 3.63) is 22.8 Å². The Bertz CT molecular complexity index is 631. The molecule has 22 heavy (non-hydrogen) atoms. The summed E-state index contributed by atoms with van der Waals surface area (Å²) < 4.78 is 18.8. The molecular weight excluding hydrogens is 297 g/mol. The molecule has 2 aliphatic heterocycles. The highest BCUT2D eigenvalue weighted by molar-refractivity contribution is 7.59. The minimum absolute atomic E-state index is 0.502. The SMILES string of the molecule is CCP(=O)(CC)Oc1c(C=O)cc2c3c1CCCN3CCC2. The van der Waals surface area contributed by atoms with Gasteiger partial charge in [-0.05, 0) is 37.3 Å². The van der Waals surface area contributed by atoms with Gasteiger partial charge >= 0.3 is 0 Å². The van der Waals surface area contributed by atoms with Crippen molar-refractivity contribution >= 4 is 19.3 Å². The number of hydrogen-bond donors (Lipinski definition) is 0. The van der Waals surface area contributed by atoms with Crippen LogP contribution in [0.2, 0.25) is 0 Å². The van der Waals surface area contributed by atoms with Crippen molar-refractivity contribution in [2.75, 3.05) is 30.3 Å². The van der Waals surface area contributed by atoms with Gasteiger partial charge in [0.1, 0.15) is 5.75 Å². The highest BCUT2D eigenvalue weighted by Crippen LogP contribution is 2.51. The maximum Gasteiger partial charge on any atom is 0.247 e. The summed E-state index contributed by atoms with van der Waals surface area (Å²) >= 11 is 0. The zero-order chi connectivity index (χ0) is 15.7. The number of aryl methyl sites for hydroxylation is 1. The van der Waals surface area contributed by atoms with Crippen LogP contribution in [0.5, 0.6) is 5.75 Å². The van der Waals surface area contributed by atoms with Crippen molar-refractivity contribution in [3.8, 4) is 5.75 Å². The molecule has 5 heteroatoms. The summed E-state index contributed by atoms with van der Waals surface area (Å²) in [7, 11) is -2.69. The monoisotopic (exact) mass is 321 g/mol. The van der Waals surface area contributed by atoms with Crippen LogP contribution in [0.3, 0.4) is 0 Å². The lowest BCUT2D eigenvalue weighted by Gasteiger charge is -2.38. The number of benzene rings is 1. The Morgan fingerprint density at radius 1 is 1.23 bits per heavy atom. The van der Waals surface area contributed by atoms with E-state index < -0.39 is 7.37 Å². The van der Waals surface area contributed by atoms with Crippen LogP contribution >= 0.6 is 7.37 Å². The fourth-order valence-electron chi connectivity index (χ4n) is 3.57. The molecule has 120 valence electrons. The van der Waals surface area contributed by atoms with Crippen molar-refractivity contribution in [1.29, 1.82) is 0 Å². The first kappa shape index (κ1) is 15.6. The summed E-state index contributed by atoms with van der Waals surface area (Å²) in [6, 6.07) is 1.95. The van der Waals surface area contributed by atoms with Gasteiger partial charge in [-0.15, -0.1) is 0 Å². The standard InChI is InChI=1S/C17H24NO3P/c1-3-22(20,4-2)21-17-14(12-19)11-13-7-5-9-18-10-6-8-15(17)16(13)18/h11-12H,3-10H2,1-2H3. The van der Waals surface area contributed by atoms with Gasteiger partial charge in [-0.2, -0.15) is 0 Å². The second-order valence-corrected chi connectivity index (χ2v) is 9.21. The normalized spacial score (nSPS) is 17.1. The molecule has 0 saturated heterocycles. The lowest BCUT2D eigenvalue weighted by molar-refractivity contribution is 0.112. The number of aldehydes is 1. The Morgan fingerprint density at radius 2 is 1.91 bits per heavy atom. The van der Waals surface area contributed by atoms with Crippen LogP contribution in [0, 0.1) is 0 Å². The van der Waals surface area contributed by atoms with Crippen LogP contribution in [0.1, 0.15) is 48.2 Å². The maximum atomic E-state index is 12.8. The molecule has 0 aromatic heterocycles. The van der Waals surface area contributed by atoms with Crippen LogP contribution < -0.4 is 9.42 Å². The average Bonchev–Trinajstić information content (AvgIpc) is 2.57. The third-order valence-corrected chi connectivity index (χ3v) is 7.29. The van der Waals surface area contributed by atoms with E-state index in [9.17, 15) is 9.36 Å². The van der Waals surface area contributed by atoms with E-state index in [1.165, 1.54) is 11.3 Å². The summed E-state index contributed by atoms with van der Waals surface area (Å²) in [4.78, 5) is 14.0. The van der Waals surface area contributed by atoms with E-state index in [0.29, 0.717) is 23.6 Å². The molecule has 0 N–H and O–H groups in total. The van der Waals surface area contributed by atoms with Gasteiger partial charge in [0.15, 0.2) is 6.29 Å². The summed E-state index contributed by atoms with van der Waals surface area (Å²) in [5.41, 5.74) is 4.17. The van der Waals surface area contributed by atoms with Crippen LogP contribution in [0.15, 0.2) is 6.07 Å². The van der Waals surface area contributed by atoms with Crippen molar-refractivity contribution in [2.45, 2.75) is 39.5 Å². The van der Waals surface area contributed by atoms with Crippen molar-refractivity contribution in [3.63, 3.8) is 0 Å². The van der Waals surface area contributed by atoms with E-state index >= 15 is 0 Å². The minimum atomic E-state index is -2.69. The van der Waals surface area contributed by atoms with Crippen molar-refractivity contribution < 1.29 is 13.9 Å². The van der Waals surface area contributed by atoms with Crippen molar-refractivity contribution in [2.24, 2.45) is 0 Å². The van der Waals surface area contributed by atoms with Gasteiger partial charge in [0.25, 0.3) is 0 Å². The molecule has 4 nitrogen and oxygen atoms in total. The van der Waals surface area contributed by atoms with E-state index in [2.05, 4.69) is 4.90 Å². The van der Waals surface area contributed by atoms with Gasteiger partial charge in [-0.25, -0.2) is 0 Å². The Kier molecular flexibility index (Phi) is 4.31. The van der Waals surface area contributed by atoms with E-state index in [-0.39, 0.29) is 0 Å². The Hall–Kier alpha value is -1.28. The number of nitrogens with zero attached hydrogens (tertiary/aromatic N) is 1. The molecule has 0 aliphatic carbocycles. The van der Waals surface area contributed by atoms with E-state index in [4.69, 9.17) is 4.52 Å². The fraction of sp³-hybridized carbons (Fsp3) is 0.588. The molecule has 0 atom stereocenters. The van der Waals surface area contributed by atoms with Gasteiger partial charge < -0.3 is 9.42 Å². The van der Waals surface area contributed by atoms with Crippen LogP contribution in [-0.4, -0.2) is 31.7 Å². The molecule has 0 fully saturated rings. The first-order valence-corrected chi connectivity index (χ1v) is 10.3. The topological polar surface area (TPSA) is 46.6 Å². The largest absolute Gasteiger partial charge is 0.442 e. The first-order chi connectivity index (χ1) is 10.6. The predicted molar refractivity (Wildman–Crippen MR) is 90.0 cm³/mol. The molecule has 0 spiro atoms. The van der Waals surface area contributed by atoms with E-state index in [0.717, 1.165) is 50.6 Å². The molecule has 2 heterocycles. The van der Waals surface area contributed by atoms with Gasteiger partial charge in [0.05, 0.1) is 5.56 Å². The molecule has 0 amide bonds. The van der Waals surface area contributed by atoms with Crippen LogP contribution in [0.4, 0.5) is 5.69 Å². The third-order valence-electron chi connectivity index (χ3n) is 4.85. The fourth-order valence-corrected chi connectivity index (χ4v) is 4.82. The molecule has 0 radical (unpaired) electrons. The number of anilines is 1. The lowest BCUT2D eigenvalue weighted by Crippen LogP contribution is -2.34. The maximum absolute atomic E-state index is 12.8. The molecule has 0 unspecified atom stereocenters. The van der Waals surface area contributed by atoms with Crippen LogP contribution in [0.25, 0.3) is 0 Å². The molecule has 2 aliphatic rings. The van der Waals surface area contributed by atoms with E-state index in [1.54, 1.807) is 0 Å². The number of carbonyl (C=O) groups excluding carboxylic acids is 1. The summed E-state index contributed by atoms with van der Waals surface area (Å²) in [6.07, 6.45) is 5.98. The number of rotatable bonds is 5. The number of carbonyl (C=O) groups is 1. The molecular formula is C17H24NO3P. The van der Waals surface area contributed by atoms with Gasteiger partial charge in [0.2, 0.25) is 7.37 Å². The highest BCUT2D eigenvalue weighted by Gasteiger charge is 2.31. The molecule has 0 bridgehead atoms. The van der Waals surface area contributed by atoms with Crippen LogP contribution in [-0.2, 0) is 17.4 Å². The van der Waals surface area contributed by atoms with Crippen molar-refractivity contribution in [1.82, 2.24) is 0 Å². The van der Waals surface area contributed by atoms with Gasteiger partial charge in [0, 0.05) is 36.7 Å². The summed E-state index contributed by atoms with van der Waals surface area (Å²) in [6.45, 7) is 5.92. The second-order valence-electron chi connectivity index (χ2n) is 6.13. The molecule has 1 aromatic rings. The zero-order valence-electron chi connectivity index (χ0n) is 13.4. The lowest BCUT2D eigenvalue weighted by atomic mass is 9.89. The second kappa shape index (κ2) is 6.08. The van der Waals surface area contributed by atoms with E-state index in [1.807, 2.05) is 19.9 Å². The Labute approximate surface area is 132 Å². The first-order valence-electron chi connectivity index (χ1n) is 8.28. The highest BCUT2D eigenvalue weighted by atomic mass is 31.2. The predicted octanol–water partition coefficient (Wildman–Crippen LogP) is 3.89. The van der Waals surface area contributed by atoms with Gasteiger partial charge in [-0.3, -0.25) is 9.36 Å². The third kappa shape index (κ3) is 2.58. The number of hydrogen-bond acceptors (Lipinski definition) is 4. The summed E-state index contributed by atoms with van der Waals surface area (Å²) in [5, 5.41) is 0. The smallest absolute Gasteiger partial charge is 0.247 e. The zero-order valence-corrected chi connectivity index (χ0v) is 14.3. The van der Waals surface area contributed by atoms with Gasteiger partial charge in [-0.1, -0.05) is 13.8 Å². The quantitative estimate of drug-likeness (QED) is 0.609. The Balaban J connectivity index is 2.15. The minimum Gasteiger partial charge on any atom is -0.442 e. The Morgan fingerprint density at radius 3 is 2.55 bits per heavy atom. The average molecular weight is 321 g/mol.